The number of ether oxygens (including phenoxy) is 1. The van der Waals surface area contributed by atoms with Gasteiger partial charge in [-0.3, -0.25) is 4.79 Å². The number of benzene rings is 3. The molecule has 0 saturated carbocycles. The molecule has 1 saturated heterocycles. The molecule has 1 fully saturated rings. The number of hydrogen-bond acceptors (Lipinski definition) is 6. The van der Waals surface area contributed by atoms with E-state index in [0.717, 1.165) is 18.7 Å². The molecule has 1 aliphatic heterocycles. The Morgan fingerprint density at radius 1 is 0.917 bits per heavy atom. The molecule has 0 unspecified atom stereocenters. The van der Waals surface area contributed by atoms with E-state index in [9.17, 15) is 14.7 Å². The van der Waals surface area contributed by atoms with E-state index in [4.69, 9.17) is 9.73 Å². The minimum absolute atomic E-state index is 0.00555. The third kappa shape index (κ3) is 4.58. The second kappa shape index (κ2) is 10.1. The van der Waals surface area contributed by atoms with Gasteiger partial charge >= 0.3 is 5.97 Å². The molecule has 3 N–H and O–H groups in total. The molecule has 0 aliphatic carbocycles. The molecule has 0 radical (unpaired) electrons. The summed E-state index contributed by atoms with van der Waals surface area (Å²) in [6, 6.07) is 21.8. The minimum Gasteiger partial charge on any atom is -0.494 e. The van der Waals surface area contributed by atoms with Crippen molar-refractivity contribution in [2.45, 2.75) is 0 Å². The maximum absolute atomic E-state index is 12.8. The highest BCUT2D eigenvalue weighted by atomic mass is 16.5. The summed E-state index contributed by atoms with van der Waals surface area (Å²) < 4.78 is 4.81. The Hall–Kier alpha value is -4.43. The van der Waals surface area contributed by atoms with Crippen molar-refractivity contribution in [1.82, 2.24) is 15.2 Å². The van der Waals surface area contributed by atoms with Crippen LogP contribution >= 0.6 is 0 Å². The Labute approximate surface area is 208 Å². The van der Waals surface area contributed by atoms with Crippen molar-refractivity contribution in [2.24, 2.45) is 4.99 Å². The van der Waals surface area contributed by atoms with E-state index in [1.165, 1.54) is 7.11 Å². The number of aromatic nitrogens is 1. The summed E-state index contributed by atoms with van der Waals surface area (Å²) in [5.74, 6) is -0.508. The van der Waals surface area contributed by atoms with Gasteiger partial charge < -0.3 is 25.0 Å². The second-order valence-corrected chi connectivity index (χ2v) is 8.52. The average molecular weight is 483 g/mol. The smallest absolute Gasteiger partial charge is 0.337 e. The SMILES string of the molecule is COC(=O)c1ccc2c(C(=Nc3ccc(C(=O)N4CCNCC4)cc3)c3ccccc3)c(O)[nH]c2c1. The van der Waals surface area contributed by atoms with E-state index in [0.29, 0.717) is 52.1 Å². The number of nitrogens with zero attached hydrogens (tertiary/aromatic N) is 2. The first-order valence-corrected chi connectivity index (χ1v) is 11.7. The van der Waals surface area contributed by atoms with Crippen molar-refractivity contribution >= 4 is 34.2 Å². The van der Waals surface area contributed by atoms with Gasteiger partial charge in [-0.1, -0.05) is 36.4 Å². The third-order valence-electron chi connectivity index (χ3n) is 6.24. The van der Waals surface area contributed by atoms with Crippen LogP contribution in [0.3, 0.4) is 0 Å². The summed E-state index contributed by atoms with van der Waals surface area (Å²) in [6.45, 7) is 2.97. The van der Waals surface area contributed by atoms with Crippen molar-refractivity contribution in [3.05, 3.63) is 95.1 Å². The first-order chi connectivity index (χ1) is 17.5. The van der Waals surface area contributed by atoms with Gasteiger partial charge in [0.05, 0.1) is 29.6 Å². The van der Waals surface area contributed by atoms with Crippen LogP contribution in [-0.2, 0) is 4.74 Å². The van der Waals surface area contributed by atoms with Crippen LogP contribution < -0.4 is 5.32 Å². The largest absolute Gasteiger partial charge is 0.494 e. The number of methoxy groups -OCH3 is 1. The van der Waals surface area contributed by atoms with Gasteiger partial charge in [-0.15, -0.1) is 0 Å². The van der Waals surface area contributed by atoms with Gasteiger partial charge in [-0.25, -0.2) is 9.79 Å². The summed E-state index contributed by atoms with van der Waals surface area (Å²) in [5.41, 5.74) is 4.12. The van der Waals surface area contributed by atoms with Crippen LogP contribution in [0.1, 0.15) is 31.8 Å². The Morgan fingerprint density at radius 3 is 2.31 bits per heavy atom. The fourth-order valence-corrected chi connectivity index (χ4v) is 4.39. The molecule has 1 aromatic heterocycles. The molecule has 8 nitrogen and oxygen atoms in total. The van der Waals surface area contributed by atoms with Crippen LogP contribution in [0, 0.1) is 0 Å². The molecule has 2 heterocycles. The molecule has 1 aliphatic rings. The van der Waals surface area contributed by atoms with Crippen LogP contribution in [0.2, 0.25) is 0 Å². The highest BCUT2D eigenvalue weighted by molar-refractivity contribution is 6.22. The Bertz CT molecular complexity index is 1440. The van der Waals surface area contributed by atoms with Crippen LogP contribution in [-0.4, -0.2) is 65.9 Å². The van der Waals surface area contributed by atoms with Gasteiger partial charge in [-0.05, 0) is 36.4 Å². The number of carbonyl (C=O) groups is 2. The topological polar surface area (TPSA) is 107 Å². The zero-order valence-electron chi connectivity index (χ0n) is 19.8. The number of rotatable bonds is 5. The highest BCUT2D eigenvalue weighted by Gasteiger charge is 2.21. The van der Waals surface area contributed by atoms with Gasteiger partial charge in [0.1, 0.15) is 0 Å². The summed E-state index contributed by atoms with van der Waals surface area (Å²) in [7, 11) is 1.33. The number of aromatic hydroxyl groups is 1. The number of aromatic amines is 1. The van der Waals surface area contributed by atoms with E-state index in [1.807, 2.05) is 35.2 Å². The van der Waals surface area contributed by atoms with Crippen LogP contribution in [0.4, 0.5) is 5.69 Å². The van der Waals surface area contributed by atoms with Crippen molar-refractivity contribution in [2.75, 3.05) is 33.3 Å². The van der Waals surface area contributed by atoms with E-state index in [-0.39, 0.29) is 11.8 Å². The number of hydrogen-bond donors (Lipinski definition) is 3. The first kappa shape index (κ1) is 23.3. The normalized spacial score (nSPS) is 14.1. The molecule has 5 rings (SSSR count). The first-order valence-electron chi connectivity index (χ1n) is 11.7. The lowest BCUT2D eigenvalue weighted by Gasteiger charge is -2.27. The summed E-state index contributed by atoms with van der Waals surface area (Å²) in [4.78, 5) is 34.5. The van der Waals surface area contributed by atoms with Crippen molar-refractivity contribution < 1.29 is 19.4 Å². The Morgan fingerprint density at radius 2 is 1.61 bits per heavy atom. The Kier molecular flexibility index (Phi) is 6.51. The minimum atomic E-state index is -0.458. The number of carbonyl (C=O) groups excluding carboxylic acids is 2. The van der Waals surface area contributed by atoms with Gasteiger partial charge in [0.15, 0.2) is 5.88 Å². The number of aliphatic imine (C=N–C) groups is 1. The molecule has 1 amide bonds. The summed E-state index contributed by atoms with van der Waals surface area (Å²) >= 11 is 0. The maximum Gasteiger partial charge on any atom is 0.337 e. The quantitative estimate of drug-likeness (QED) is 0.296. The van der Waals surface area contributed by atoms with Gasteiger partial charge in [-0.2, -0.15) is 0 Å². The summed E-state index contributed by atoms with van der Waals surface area (Å²) in [6.07, 6.45) is 0. The van der Waals surface area contributed by atoms with E-state index >= 15 is 0 Å². The molecule has 4 aromatic rings. The van der Waals surface area contributed by atoms with Gasteiger partial charge in [0.2, 0.25) is 0 Å². The Balaban J connectivity index is 1.55. The fourth-order valence-electron chi connectivity index (χ4n) is 4.39. The predicted molar refractivity (Wildman–Crippen MR) is 138 cm³/mol. The molecule has 3 aromatic carbocycles. The van der Waals surface area contributed by atoms with E-state index in [1.54, 1.807) is 42.5 Å². The molecule has 0 bridgehead atoms. The second-order valence-electron chi connectivity index (χ2n) is 8.52. The number of piperazine rings is 1. The molecule has 36 heavy (non-hydrogen) atoms. The lowest BCUT2D eigenvalue weighted by atomic mass is 10.00. The molecular formula is C28H26N4O4. The molecular weight excluding hydrogens is 456 g/mol. The molecule has 0 spiro atoms. The number of fused-ring (bicyclic) bond motifs is 1. The maximum atomic E-state index is 12.8. The van der Waals surface area contributed by atoms with E-state index in [2.05, 4.69) is 10.3 Å². The number of nitrogens with one attached hydrogen (secondary N) is 2. The van der Waals surface area contributed by atoms with Gasteiger partial charge in [0.25, 0.3) is 5.91 Å². The lowest BCUT2D eigenvalue weighted by molar-refractivity contribution is 0.0600. The zero-order valence-corrected chi connectivity index (χ0v) is 19.8. The third-order valence-corrected chi connectivity index (χ3v) is 6.24. The van der Waals surface area contributed by atoms with Crippen molar-refractivity contribution in [3.63, 3.8) is 0 Å². The predicted octanol–water partition coefficient (Wildman–Crippen LogP) is 3.87. The monoisotopic (exact) mass is 482 g/mol. The molecule has 8 heteroatoms. The number of esters is 1. The van der Waals surface area contributed by atoms with Crippen LogP contribution in [0.15, 0.2) is 77.8 Å². The number of H-pyrrole nitrogens is 1. The average Bonchev–Trinajstić information content (AvgIpc) is 3.26. The van der Waals surface area contributed by atoms with Crippen LogP contribution in [0.5, 0.6) is 5.88 Å². The zero-order chi connectivity index (χ0) is 25.1. The highest BCUT2D eigenvalue weighted by Crippen LogP contribution is 2.32. The molecule has 0 atom stereocenters. The fraction of sp³-hybridized carbons (Fsp3) is 0.179. The number of amides is 1. The van der Waals surface area contributed by atoms with Gasteiger partial charge in [0, 0.05) is 48.2 Å². The molecule has 182 valence electrons. The lowest BCUT2D eigenvalue weighted by Crippen LogP contribution is -2.46. The van der Waals surface area contributed by atoms with E-state index < -0.39 is 5.97 Å². The van der Waals surface area contributed by atoms with Crippen molar-refractivity contribution in [1.29, 1.82) is 0 Å². The van der Waals surface area contributed by atoms with Crippen molar-refractivity contribution in [3.8, 4) is 5.88 Å². The summed E-state index contributed by atoms with van der Waals surface area (Å²) in [5, 5.41) is 14.9. The standard InChI is InChI=1S/C28H26N4O4/c1-36-28(35)20-9-12-22-23(17-20)31-26(33)24(22)25(18-5-3-2-4-6-18)30-21-10-7-19(8-11-21)27(34)32-15-13-29-14-16-32/h2-12,17,29,31,33H,13-16H2,1H3. The van der Waals surface area contributed by atoms with Crippen LogP contribution in [0.25, 0.3) is 10.9 Å².